The van der Waals surface area contributed by atoms with E-state index in [2.05, 4.69) is 13.8 Å². The van der Waals surface area contributed by atoms with Crippen LogP contribution in [0.1, 0.15) is 32.3 Å². The lowest BCUT2D eigenvalue weighted by Crippen LogP contribution is -2.33. The predicted octanol–water partition coefficient (Wildman–Crippen LogP) is 2.88. The van der Waals surface area contributed by atoms with E-state index in [1.165, 1.54) is 0 Å². The largest absolute Gasteiger partial charge is 0.342 e. The number of carbonyl (C=O) groups excluding carboxylic acids is 1. The van der Waals surface area contributed by atoms with Gasteiger partial charge in [0.15, 0.2) is 0 Å². The van der Waals surface area contributed by atoms with Gasteiger partial charge in [-0.05, 0) is 18.4 Å². The van der Waals surface area contributed by atoms with E-state index in [4.69, 9.17) is 0 Å². The molecule has 0 saturated carbocycles. The Bertz CT molecular complexity index is 302. The molecule has 1 aromatic carbocycles. The molecule has 0 saturated heterocycles. The van der Waals surface area contributed by atoms with Gasteiger partial charge in [0.05, 0.1) is 6.42 Å². The minimum atomic E-state index is 0.245. The molecule has 2 nitrogen and oxygen atoms in total. The molecular weight excluding hydrogens is 198 g/mol. The summed E-state index contributed by atoms with van der Waals surface area (Å²) in [6.45, 7) is 5.97. The maximum atomic E-state index is 12.0. The molecule has 0 unspecified atom stereocenters. The van der Waals surface area contributed by atoms with Crippen molar-refractivity contribution in [2.75, 3.05) is 13.1 Å². The second-order valence-electron chi connectivity index (χ2n) is 4.04. The second kappa shape index (κ2) is 7.04. The number of nitrogens with zero attached hydrogens (tertiary/aromatic N) is 1. The third-order valence-corrected chi connectivity index (χ3v) is 2.54. The molecule has 1 aromatic rings. The lowest BCUT2D eigenvalue weighted by molar-refractivity contribution is -0.130. The Hall–Kier alpha value is -1.31. The average molecular weight is 219 g/mol. The highest BCUT2D eigenvalue weighted by Gasteiger charge is 2.11. The Morgan fingerprint density at radius 3 is 2.12 bits per heavy atom. The number of hydrogen-bond donors (Lipinski definition) is 0. The van der Waals surface area contributed by atoms with Gasteiger partial charge in [0.1, 0.15) is 0 Å². The molecule has 2 heteroatoms. The standard InChI is InChI=1S/C14H21NO/c1-3-10-15(11-4-2)14(16)12-13-8-6-5-7-9-13/h5-9H,3-4,10-12H2,1-2H3. The summed E-state index contributed by atoms with van der Waals surface area (Å²) in [5.41, 5.74) is 1.10. The summed E-state index contributed by atoms with van der Waals surface area (Å²) in [5.74, 6) is 0.245. The van der Waals surface area contributed by atoms with E-state index in [0.717, 1.165) is 31.5 Å². The van der Waals surface area contributed by atoms with Crippen LogP contribution in [0.25, 0.3) is 0 Å². The maximum Gasteiger partial charge on any atom is 0.226 e. The van der Waals surface area contributed by atoms with Gasteiger partial charge < -0.3 is 4.90 Å². The molecule has 1 rings (SSSR count). The van der Waals surface area contributed by atoms with Crippen molar-refractivity contribution < 1.29 is 4.79 Å². The van der Waals surface area contributed by atoms with Gasteiger partial charge in [-0.2, -0.15) is 0 Å². The van der Waals surface area contributed by atoms with Gasteiger partial charge in [-0.3, -0.25) is 4.79 Å². The molecule has 0 spiro atoms. The molecule has 0 radical (unpaired) electrons. The number of hydrogen-bond acceptors (Lipinski definition) is 1. The number of amides is 1. The van der Waals surface area contributed by atoms with Crippen LogP contribution in [0.4, 0.5) is 0 Å². The normalized spacial score (nSPS) is 10.1. The smallest absolute Gasteiger partial charge is 0.226 e. The Morgan fingerprint density at radius 1 is 1.06 bits per heavy atom. The van der Waals surface area contributed by atoms with E-state index in [-0.39, 0.29) is 5.91 Å². The van der Waals surface area contributed by atoms with Crippen LogP contribution in [0.2, 0.25) is 0 Å². The molecule has 0 fully saturated rings. The van der Waals surface area contributed by atoms with Crippen molar-refractivity contribution in [3.63, 3.8) is 0 Å². The lowest BCUT2D eigenvalue weighted by Gasteiger charge is -2.21. The first-order valence-corrected chi connectivity index (χ1v) is 6.09. The highest BCUT2D eigenvalue weighted by molar-refractivity contribution is 5.78. The van der Waals surface area contributed by atoms with Crippen molar-refractivity contribution in [3.8, 4) is 0 Å². The summed E-state index contributed by atoms with van der Waals surface area (Å²) in [5, 5.41) is 0. The zero-order chi connectivity index (χ0) is 11.8. The van der Waals surface area contributed by atoms with Crippen LogP contribution in [0, 0.1) is 0 Å². The molecule has 0 bridgehead atoms. The third kappa shape index (κ3) is 4.05. The van der Waals surface area contributed by atoms with E-state index in [1.54, 1.807) is 0 Å². The lowest BCUT2D eigenvalue weighted by atomic mass is 10.1. The van der Waals surface area contributed by atoms with Gasteiger partial charge in [0.25, 0.3) is 0 Å². The minimum absolute atomic E-state index is 0.245. The zero-order valence-electron chi connectivity index (χ0n) is 10.3. The van der Waals surface area contributed by atoms with Crippen LogP contribution in [0.15, 0.2) is 30.3 Å². The number of carbonyl (C=O) groups is 1. The Balaban J connectivity index is 2.55. The highest BCUT2D eigenvalue weighted by Crippen LogP contribution is 2.04. The Labute approximate surface area is 98.3 Å². The van der Waals surface area contributed by atoms with Gasteiger partial charge in [-0.15, -0.1) is 0 Å². The maximum absolute atomic E-state index is 12.0. The predicted molar refractivity (Wildman–Crippen MR) is 67.3 cm³/mol. The van der Waals surface area contributed by atoms with Gasteiger partial charge in [-0.1, -0.05) is 44.2 Å². The molecule has 16 heavy (non-hydrogen) atoms. The van der Waals surface area contributed by atoms with Gasteiger partial charge in [0.2, 0.25) is 5.91 Å². The van der Waals surface area contributed by atoms with Crippen molar-refractivity contribution in [2.24, 2.45) is 0 Å². The first kappa shape index (κ1) is 12.8. The van der Waals surface area contributed by atoms with Gasteiger partial charge in [0, 0.05) is 13.1 Å². The van der Waals surface area contributed by atoms with Gasteiger partial charge >= 0.3 is 0 Å². The molecule has 88 valence electrons. The highest BCUT2D eigenvalue weighted by atomic mass is 16.2. The van der Waals surface area contributed by atoms with Crippen molar-refractivity contribution in [3.05, 3.63) is 35.9 Å². The third-order valence-electron chi connectivity index (χ3n) is 2.54. The fraction of sp³-hybridized carbons (Fsp3) is 0.500. The van der Waals surface area contributed by atoms with Crippen molar-refractivity contribution in [1.29, 1.82) is 0 Å². The summed E-state index contributed by atoms with van der Waals surface area (Å²) in [4.78, 5) is 14.0. The SMILES string of the molecule is CCCN(CCC)C(=O)Cc1ccccc1. The molecule has 0 aliphatic carbocycles. The van der Waals surface area contributed by atoms with E-state index in [0.29, 0.717) is 6.42 Å². The van der Waals surface area contributed by atoms with Crippen LogP contribution in [-0.2, 0) is 11.2 Å². The summed E-state index contributed by atoms with van der Waals surface area (Å²) >= 11 is 0. The fourth-order valence-electron chi connectivity index (χ4n) is 1.78. The van der Waals surface area contributed by atoms with Gasteiger partial charge in [-0.25, -0.2) is 0 Å². The van der Waals surface area contributed by atoms with Crippen molar-refractivity contribution >= 4 is 5.91 Å². The molecule has 0 atom stereocenters. The zero-order valence-corrected chi connectivity index (χ0v) is 10.3. The summed E-state index contributed by atoms with van der Waals surface area (Å²) in [6, 6.07) is 9.95. The summed E-state index contributed by atoms with van der Waals surface area (Å²) in [6.07, 6.45) is 2.59. The first-order chi connectivity index (χ1) is 7.77. The van der Waals surface area contributed by atoms with E-state index >= 15 is 0 Å². The van der Waals surface area contributed by atoms with Crippen LogP contribution in [0.5, 0.6) is 0 Å². The molecular formula is C14H21NO. The van der Waals surface area contributed by atoms with Crippen LogP contribution >= 0.6 is 0 Å². The van der Waals surface area contributed by atoms with Crippen LogP contribution < -0.4 is 0 Å². The van der Waals surface area contributed by atoms with E-state index < -0.39 is 0 Å². The summed E-state index contributed by atoms with van der Waals surface area (Å²) in [7, 11) is 0. The Morgan fingerprint density at radius 2 is 1.62 bits per heavy atom. The summed E-state index contributed by atoms with van der Waals surface area (Å²) < 4.78 is 0. The van der Waals surface area contributed by atoms with E-state index in [1.807, 2.05) is 35.2 Å². The number of benzene rings is 1. The first-order valence-electron chi connectivity index (χ1n) is 6.09. The molecule has 1 amide bonds. The monoisotopic (exact) mass is 219 g/mol. The quantitative estimate of drug-likeness (QED) is 0.720. The molecule has 0 heterocycles. The molecule has 0 aliphatic rings. The fourth-order valence-corrected chi connectivity index (χ4v) is 1.78. The minimum Gasteiger partial charge on any atom is -0.342 e. The van der Waals surface area contributed by atoms with Crippen LogP contribution in [0.3, 0.4) is 0 Å². The van der Waals surface area contributed by atoms with Crippen molar-refractivity contribution in [2.45, 2.75) is 33.1 Å². The number of rotatable bonds is 6. The topological polar surface area (TPSA) is 20.3 Å². The molecule has 0 aromatic heterocycles. The van der Waals surface area contributed by atoms with Crippen molar-refractivity contribution in [1.82, 2.24) is 4.90 Å². The average Bonchev–Trinajstić information content (AvgIpc) is 2.30. The van der Waals surface area contributed by atoms with E-state index in [9.17, 15) is 4.79 Å². The molecule has 0 aliphatic heterocycles. The second-order valence-corrected chi connectivity index (χ2v) is 4.04. The van der Waals surface area contributed by atoms with Crippen LogP contribution in [-0.4, -0.2) is 23.9 Å². The molecule has 0 N–H and O–H groups in total. The Kier molecular flexibility index (Phi) is 5.62.